The summed E-state index contributed by atoms with van der Waals surface area (Å²) in [5.41, 5.74) is 0.331. The van der Waals surface area contributed by atoms with Gasteiger partial charge in [0.2, 0.25) is 5.91 Å². The molecule has 2 heterocycles. The minimum absolute atomic E-state index is 0.108. The van der Waals surface area contributed by atoms with Crippen LogP contribution in [-0.2, 0) is 16.0 Å². The van der Waals surface area contributed by atoms with Crippen molar-refractivity contribution in [2.45, 2.75) is 12.5 Å². The molecule has 30 heavy (non-hydrogen) atoms. The van der Waals surface area contributed by atoms with Crippen LogP contribution < -0.4 is 15.1 Å². The molecule has 0 unspecified atom stereocenters. The summed E-state index contributed by atoms with van der Waals surface area (Å²) in [5.74, 6) is -1.83. The molecule has 0 spiro atoms. The van der Waals surface area contributed by atoms with E-state index in [2.05, 4.69) is 10.2 Å². The number of fused-ring (bicyclic) bond motifs is 3. The first-order valence-corrected chi connectivity index (χ1v) is 9.68. The van der Waals surface area contributed by atoms with E-state index in [-0.39, 0.29) is 12.1 Å². The Morgan fingerprint density at radius 2 is 1.93 bits per heavy atom. The number of hydrogen-bond donors (Lipinski definition) is 2. The number of piperazine rings is 1. The van der Waals surface area contributed by atoms with E-state index in [9.17, 15) is 24.8 Å². The molecule has 2 aliphatic heterocycles. The number of nitro benzene ring substituents is 1. The van der Waals surface area contributed by atoms with Gasteiger partial charge in [0, 0.05) is 56.6 Å². The number of carboxylic acids is 1. The van der Waals surface area contributed by atoms with Crippen molar-refractivity contribution in [3.63, 3.8) is 0 Å². The van der Waals surface area contributed by atoms with Crippen LogP contribution in [0.2, 0.25) is 0 Å². The highest BCUT2D eigenvalue weighted by atomic mass is 16.6. The number of non-ortho nitro benzene ring substituents is 1. The zero-order valence-corrected chi connectivity index (χ0v) is 16.4. The van der Waals surface area contributed by atoms with Gasteiger partial charge in [-0.2, -0.15) is 0 Å². The fourth-order valence-corrected chi connectivity index (χ4v) is 4.66. The molecule has 2 aromatic rings. The van der Waals surface area contributed by atoms with Crippen molar-refractivity contribution in [3.05, 3.63) is 64.2 Å². The average Bonchev–Trinajstić information content (AvgIpc) is 2.77. The molecule has 0 aromatic heterocycles. The predicted molar refractivity (Wildman–Crippen MR) is 111 cm³/mol. The van der Waals surface area contributed by atoms with E-state index >= 15 is 0 Å². The molecule has 1 fully saturated rings. The van der Waals surface area contributed by atoms with Crippen LogP contribution in [0.4, 0.5) is 17.1 Å². The zero-order valence-electron chi connectivity index (χ0n) is 16.4. The Balaban J connectivity index is 1.83. The molecule has 0 bridgehead atoms. The summed E-state index contributed by atoms with van der Waals surface area (Å²) >= 11 is 0. The Morgan fingerprint density at radius 1 is 1.20 bits per heavy atom. The van der Waals surface area contributed by atoms with E-state index in [1.165, 1.54) is 19.2 Å². The number of carbonyl (C=O) groups excluding carboxylic acids is 1. The third-order valence-electron chi connectivity index (χ3n) is 6.14. The first kappa shape index (κ1) is 19.7. The van der Waals surface area contributed by atoms with Crippen LogP contribution >= 0.6 is 0 Å². The summed E-state index contributed by atoms with van der Waals surface area (Å²) in [6, 6.07) is 13.5. The number of hydrogen-bond acceptors (Lipinski definition) is 6. The van der Waals surface area contributed by atoms with Gasteiger partial charge in [0.1, 0.15) is 0 Å². The fourth-order valence-electron chi connectivity index (χ4n) is 4.66. The first-order chi connectivity index (χ1) is 14.4. The molecule has 2 N–H and O–H groups in total. The SMILES string of the molecule is CNC(=O)[C@@]1(C(=O)O)Cc2cc([N+](=O)[O-])ccc2N2CCN(c3ccccc3)C[C@H]21. The van der Waals surface area contributed by atoms with Crippen molar-refractivity contribution in [2.24, 2.45) is 5.41 Å². The monoisotopic (exact) mass is 410 g/mol. The number of carbonyl (C=O) groups is 2. The van der Waals surface area contributed by atoms with Gasteiger partial charge in [0.05, 0.1) is 11.0 Å². The fraction of sp³-hybridized carbons (Fsp3) is 0.333. The Kier molecular flexibility index (Phi) is 4.81. The lowest BCUT2D eigenvalue weighted by atomic mass is 9.69. The minimum atomic E-state index is -1.76. The number of rotatable bonds is 4. The van der Waals surface area contributed by atoms with E-state index in [0.29, 0.717) is 25.2 Å². The van der Waals surface area contributed by atoms with E-state index in [0.717, 1.165) is 11.4 Å². The summed E-state index contributed by atoms with van der Waals surface area (Å²) in [6.07, 6.45) is -0.108. The van der Waals surface area contributed by atoms with Crippen LogP contribution in [0.15, 0.2) is 48.5 Å². The van der Waals surface area contributed by atoms with E-state index in [4.69, 9.17) is 0 Å². The third-order valence-corrected chi connectivity index (χ3v) is 6.14. The Morgan fingerprint density at radius 3 is 2.57 bits per heavy atom. The standard InChI is InChI=1S/C21H22N4O5/c1-22-19(26)21(20(27)28)12-14-11-16(25(29)30)7-8-17(14)24-10-9-23(13-18(21)24)15-5-3-2-4-6-15/h2-8,11,18H,9-10,12-13H2,1H3,(H,22,26)(H,27,28)/t18-,21+/m0/s1. The van der Waals surface area contributed by atoms with Gasteiger partial charge < -0.3 is 20.2 Å². The van der Waals surface area contributed by atoms with Gasteiger partial charge in [0.25, 0.3) is 5.69 Å². The van der Waals surface area contributed by atoms with E-state index < -0.39 is 28.3 Å². The smallest absolute Gasteiger partial charge is 0.321 e. The number of nitrogens with one attached hydrogen (secondary N) is 1. The largest absolute Gasteiger partial charge is 0.480 e. The van der Waals surface area contributed by atoms with Crippen LogP contribution in [0.25, 0.3) is 0 Å². The van der Waals surface area contributed by atoms with Gasteiger partial charge in [-0.3, -0.25) is 19.7 Å². The summed E-state index contributed by atoms with van der Waals surface area (Å²) in [6.45, 7) is 1.48. The van der Waals surface area contributed by atoms with Gasteiger partial charge in [-0.1, -0.05) is 18.2 Å². The van der Waals surface area contributed by atoms with Crippen molar-refractivity contribution in [3.8, 4) is 0 Å². The number of benzene rings is 2. The second kappa shape index (κ2) is 7.33. The van der Waals surface area contributed by atoms with Crippen LogP contribution in [0.5, 0.6) is 0 Å². The van der Waals surface area contributed by atoms with Gasteiger partial charge in [-0.15, -0.1) is 0 Å². The molecule has 1 saturated heterocycles. The first-order valence-electron chi connectivity index (χ1n) is 9.68. The maximum Gasteiger partial charge on any atom is 0.321 e. The van der Waals surface area contributed by atoms with Crippen molar-refractivity contribution < 1.29 is 19.6 Å². The maximum atomic E-state index is 13.0. The molecule has 2 atom stereocenters. The topological polar surface area (TPSA) is 116 Å². The molecule has 156 valence electrons. The van der Waals surface area contributed by atoms with Crippen LogP contribution in [0, 0.1) is 15.5 Å². The molecular formula is C21H22N4O5. The lowest BCUT2D eigenvalue weighted by molar-refractivity contribution is -0.384. The highest BCUT2D eigenvalue weighted by Gasteiger charge is 2.58. The Hall–Kier alpha value is -3.62. The van der Waals surface area contributed by atoms with Crippen LogP contribution in [0.1, 0.15) is 5.56 Å². The molecule has 0 radical (unpaired) electrons. The van der Waals surface area contributed by atoms with Gasteiger partial charge in [0.15, 0.2) is 5.41 Å². The molecule has 9 heteroatoms. The highest BCUT2D eigenvalue weighted by molar-refractivity contribution is 6.04. The van der Waals surface area contributed by atoms with Crippen LogP contribution in [0.3, 0.4) is 0 Å². The summed E-state index contributed by atoms with van der Waals surface area (Å²) in [4.78, 5) is 40.3. The second-order valence-corrected chi connectivity index (χ2v) is 7.59. The number of anilines is 2. The van der Waals surface area contributed by atoms with Crippen molar-refractivity contribution in [1.29, 1.82) is 0 Å². The number of nitrogens with zero attached hydrogens (tertiary/aromatic N) is 3. The zero-order chi connectivity index (χ0) is 21.5. The van der Waals surface area contributed by atoms with E-state index in [1.807, 2.05) is 35.2 Å². The van der Waals surface area contributed by atoms with Gasteiger partial charge >= 0.3 is 5.97 Å². The second-order valence-electron chi connectivity index (χ2n) is 7.59. The summed E-state index contributed by atoms with van der Waals surface area (Å²) < 4.78 is 0. The number of amides is 1. The summed E-state index contributed by atoms with van der Waals surface area (Å²) in [5, 5.41) is 24.0. The number of para-hydroxylation sites is 1. The lowest BCUT2D eigenvalue weighted by Gasteiger charge is -2.53. The van der Waals surface area contributed by atoms with Crippen molar-refractivity contribution in [2.75, 3.05) is 36.5 Å². The molecule has 0 aliphatic carbocycles. The van der Waals surface area contributed by atoms with Gasteiger partial charge in [-0.25, -0.2) is 0 Å². The molecule has 4 rings (SSSR count). The maximum absolute atomic E-state index is 13.0. The molecule has 1 amide bonds. The minimum Gasteiger partial charge on any atom is -0.480 e. The average molecular weight is 410 g/mol. The molecule has 2 aromatic carbocycles. The third kappa shape index (κ3) is 2.94. The molecule has 0 saturated carbocycles. The number of aliphatic carboxylic acids is 1. The predicted octanol–water partition coefficient (Wildman–Crippen LogP) is 1.66. The van der Waals surface area contributed by atoms with Crippen LogP contribution in [-0.4, -0.2) is 54.6 Å². The molecule has 9 nitrogen and oxygen atoms in total. The Labute approximate surface area is 173 Å². The van der Waals surface area contributed by atoms with Crippen molar-refractivity contribution in [1.82, 2.24) is 5.32 Å². The molecule has 2 aliphatic rings. The lowest BCUT2D eigenvalue weighted by Crippen LogP contribution is -2.69. The molecular weight excluding hydrogens is 388 g/mol. The quantitative estimate of drug-likeness (QED) is 0.447. The van der Waals surface area contributed by atoms with Gasteiger partial charge in [-0.05, 0) is 23.8 Å². The summed E-state index contributed by atoms with van der Waals surface area (Å²) in [7, 11) is 1.41. The van der Waals surface area contributed by atoms with E-state index in [1.54, 1.807) is 6.07 Å². The van der Waals surface area contributed by atoms with Crippen molar-refractivity contribution >= 4 is 28.9 Å². The highest BCUT2D eigenvalue weighted by Crippen LogP contribution is 2.45. The number of carboxylic acid groups (broad SMARTS) is 1. The normalized spacial score (nSPS) is 22.6. The Bertz CT molecular complexity index is 1010. The number of nitro groups is 1.